The Morgan fingerprint density at radius 2 is 2.10 bits per heavy atom. The molecule has 5 heteroatoms. The van der Waals surface area contributed by atoms with Crippen LogP contribution in [-0.4, -0.2) is 29.3 Å². The molecule has 0 aliphatic rings. The number of rotatable bonds is 8. The quantitative estimate of drug-likeness (QED) is 0.726. The Kier molecular flexibility index (Phi) is 5.79. The summed E-state index contributed by atoms with van der Waals surface area (Å²) in [6, 6.07) is 10.2. The Bertz CT molecular complexity index is 497. The van der Waals surface area contributed by atoms with Crippen molar-refractivity contribution in [3.63, 3.8) is 0 Å². The number of H-pyrrole nitrogens is 1. The van der Waals surface area contributed by atoms with Gasteiger partial charge in [0.2, 0.25) is 5.91 Å². The summed E-state index contributed by atoms with van der Waals surface area (Å²) in [5.41, 5.74) is 1.96. The highest BCUT2D eigenvalue weighted by atomic mass is 16.5. The van der Waals surface area contributed by atoms with Gasteiger partial charge in [0, 0.05) is 19.2 Å². The average molecular weight is 273 g/mol. The molecule has 1 aromatic carbocycles. The first kappa shape index (κ1) is 14.3. The molecule has 0 aliphatic carbocycles. The second kappa shape index (κ2) is 8.12. The lowest BCUT2D eigenvalue weighted by atomic mass is 10.2. The highest BCUT2D eigenvalue weighted by Gasteiger charge is 2.02. The lowest BCUT2D eigenvalue weighted by molar-refractivity contribution is -0.116. The Balaban J connectivity index is 1.50. The number of anilines is 1. The molecule has 0 saturated heterocycles. The van der Waals surface area contributed by atoms with Crippen LogP contribution in [0.1, 0.15) is 18.4 Å². The molecule has 2 rings (SSSR count). The molecule has 0 fully saturated rings. The molecule has 1 amide bonds. The standard InChI is InChI=1S/C15H19N3O2/c19-15(18-14-11-16-17-12-14)7-4-9-20-10-8-13-5-2-1-3-6-13/h1-3,5-6,11-12H,4,7-10H2,(H,16,17)(H,18,19). The lowest BCUT2D eigenvalue weighted by Gasteiger charge is -2.05. The molecule has 0 spiro atoms. The summed E-state index contributed by atoms with van der Waals surface area (Å²) < 4.78 is 5.52. The molecule has 0 atom stereocenters. The number of carbonyl (C=O) groups is 1. The molecule has 20 heavy (non-hydrogen) atoms. The number of ether oxygens (including phenoxy) is 1. The van der Waals surface area contributed by atoms with E-state index in [-0.39, 0.29) is 5.91 Å². The zero-order chi connectivity index (χ0) is 14.0. The van der Waals surface area contributed by atoms with Gasteiger partial charge in [-0.05, 0) is 18.4 Å². The normalized spacial score (nSPS) is 10.4. The van der Waals surface area contributed by atoms with E-state index >= 15 is 0 Å². The Hall–Kier alpha value is -2.14. The molecular formula is C15H19N3O2. The number of nitrogens with one attached hydrogen (secondary N) is 2. The van der Waals surface area contributed by atoms with Gasteiger partial charge in [0.25, 0.3) is 0 Å². The number of hydrogen-bond acceptors (Lipinski definition) is 3. The maximum atomic E-state index is 11.6. The third-order valence-corrected chi connectivity index (χ3v) is 2.85. The van der Waals surface area contributed by atoms with E-state index in [1.54, 1.807) is 12.4 Å². The van der Waals surface area contributed by atoms with Crippen LogP contribution in [0, 0.1) is 0 Å². The fourth-order valence-corrected chi connectivity index (χ4v) is 1.81. The topological polar surface area (TPSA) is 67.0 Å². The van der Waals surface area contributed by atoms with E-state index in [9.17, 15) is 4.79 Å². The molecule has 0 bridgehead atoms. The van der Waals surface area contributed by atoms with Gasteiger partial charge in [-0.1, -0.05) is 30.3 Å². The van der Waals surface area contributed by atoms with Crippen molar-refractivity contribution < 1.29 is 9.53 Å². The van der Waals surface area contributed by atoms with Crippen molar-refractivity contribution in [1.29, 1.82) is 0 Å². The summed E-state index contributed by atoms with van der Waals surface area (Å²) in [7, 11) is 0. The minimum atomic E-state index is -0.0157. The number of hydrogen-bond donors (Lipinski definition) is 2. The SMILES string of the molecule is O=C(CCCOCCc1ccccc1)Nc1cn[nH]c1. The van der Waals surface area contributed by atoms with Crippen LogP contribution >= 0.6 is 0 Å². The molecule has 5 nitrogen and oxygen atoms in total. The van der Waals surface area contributed by atoms with Crippen molar-refractivity contribution in [2.45, 2.75) is 19.3 Å². The molecule has 0 radical (unpaired) electrons. The smallest absolute Gasteiger partial charge is 0.224 e. The second-order valence-corrected chi connectivity index (χ2v) is 4.49. The van der Waals surface area contributed by atoms with Gasteiger partial charge in [-0.2, -0.15) is 5.10 Å². The van der Waals surface area contributed by atoms with Gasteiger partial charge >= 0.3 is 0 Å². The van der Waals surface area contributed by atoms with Gasteiger partial charge in [0.1, 0.15) is 0 Å². The Morgan fingerprint density at radius 3 is 2.85 bits per heavy atom. The van der Waals surface area contributed by atoms with E-state index in [1.807, 2.05) is 18.2 Å². The molecule has 2 N–H and O–H groups in total. The van der Waals surface area contributed by atoms with Crippen LogP contribution in [0.15, 0.2) is 42.7 Å². The van der Waals surface area contributed by atoms with Gasteiger partial charge in [0.05, 0.1) is 18.5 Å². The third-order valence-electron chi connectivity index (χ3n) is 2.85. The minimum Gasteiger partial charge on any atom is -0.381 e. The molecule has 1 heterocycles. The van der Waals surface area contributed by atoms with Crippen LogP contribution in [-0.2, 0) is 16.0 Å². The van der Waals surface area contributed by atoms with Crippen LogP contribution in [0.3, 0.4) is 0 Å². The monoisotopic (exact) mass is 273 g/mol. The highest BCUT2D eigenvalue weighted by Crippen LogP contribution is 2.03. The first-order valence-corrected chi connectivity index (χ1v) is 6.75. The predicted molar refractivity (Wildman–Crippen MR) is 77.4 cm³/mol. The van der Waals surface area contributed by atoms with Crippen molar-refractivity contribution in [2.24, 2.45) is 0 Å². The molecule has 0 aliphatic heterocycles. The van der Waals surface area contributed by atoms with Crippen LogP contribution in [0.2, 0.25) is 0 Å². The van der Waals surface area contributed by atoms with Crippen LogP contribution in [0.5, 0.6) is 0 Å². The molecule has 0 saturated carbocycles. The summed E-state index contributed by atoms with van der Waals surface area (Å²) in [6.07, 6.45) is 5.31. The predicted octanol–water partition coefficient (Wildman–Crippen LogP) is 2.39. The summed E-state index contributed by atoms with van der Waals surface area (Å²) >= 11 is 0. The first-order valence-electron chi connectivity index (χ1n) is 6.75. The molecule has 1 aromatic heterocycles. The molecular weight excluding hydrogens is 254 g/mol. The van der Waals surface area contributed by atoms with Gasteiger partial charge in [-0.3, -0.25) is 9.89 Å². The summed E-state index contributed by atoms with van der Waals surface area (Å²) in [5, 5.41) is 9.16. The minimum absolute atomic E-state index is 0.0157. The van der Waals surface area contributed by atoms with E-state index in [4.69, 9.17) is 4.74 Å². The largest absolute Gasteiger partial charge is 0.381 e. The first-order chi connectivity index (χ1) is 9.84. The third kappa shape index (κ3) is 5.24. The Labute approximate surface area is 118 Å². The number of aromatic nitrogens is 2. The zero-order valence-electron chi connectivity index (χ0n) is 11.3. The number of aromatic amines is 1. The maximum Gasteiger partial charge on any atom is 0.224 e. The van der Waals surface area contributed by atoms with Crippen molar-refractivity contribution >= 4 is 11.6 Å². The van der Waals surface area contributed by atoms with Crippen molar-refractivity contribution in [3.05, 3.63) is 48.3 Å². The Morgan fingerprint density at radius 1 is 1.25 bits per heavy atom. The van der Waals surface area contributed by atoms with Crippen LogP contribution in [0.25, 0.3) is 0 Å². The molecule has 0 unspecified atom stereocenters. The van der Waals surface area contributed by atoms with Crippen molar-refractivity contribution in [2.75, 3.05) is 18.5 Å². The van der Waals surface area contributed by atoms with Gasteiger partial charge in [0.15, 0.2) is 0 Å². The van der Waals surface area contributed by atoms with E-state index in [0.29, 0.717) is 25.3 Å². The number of benzene rings is 1. The van der Waals surface area contributed by atoms with E-state index in [1.165, 1.54) is 5.56 Å². The highest BCUT2D eigenvalue weighted by molar-refractivity contribution is 5.90. The fourth-order valence-electron chi connectivity index (χ4n) is 1.81. The molecule has 2 aromatic rings. The summed E-state index contributed by atoms with van der Waals surface area (Å²) in [4.78, 5) is 11.6. The number of nitrogens with zero attached hydrogens (tertiary/aromatic N) is 1. The number of carbonyl (C=O) groups excluding carboxylic acids is 1. The van der Waals surface area contributed by atoms with E-state index in [2.05, 4.69) is 27.6 Å². The van der Waals surface area contributed by atoms with Crippen LogP contribution in [0.4, 0.5) is 5.69 Å². The van der Waals surface area contributed by atoms with Crippen LogP contribution < -0.4 is 5.32 Å². The van der Waals surface area contributed by atoms with Crippen molar-refractivity contribution in [1.82, 2.24) is 10.2 Å². The molecule has 106 valence electrons. The summed E-state index contributed by atoms with van der Waals surface area (Å²) in [5.74, 6) is -0.0157. The van der Waals surface area contributed by atoms with E-state index < -0.39 is 0 Å². The van der Waals surface area contributed by atoms with E-state index in [0.717, 1.165) is 12.8 Å². The summed E-state index contributed by atoms with van der Waals surface area (Å²) in [6.45, 7) is 1.29. The van der Waals surface area contributed by atoms with Gasteiger partial charge in [-0.15, -0.1) is 0 Å². The van der Waals surface area contributed by atoms with Gasteiger partial charge < -0.3 is 10.1 Å². The maximum absolute atomic E-state index is 11.6. The zero-order valence-corrected chi connectivity index (χ0v) is 11.3. The lowest BCUT2D eigenvalue weighted by Crippen LogP contribution is -2.12. The van der Waals surface area contributed by atoms with Crippen molar-refractivity contribution in [3.8, 4) is 0 Å². The number of amides is 1. The average Bonchev–Trinajstić information content (AvgIpc) is 2.96. The van der Waals surface area contributed by atoms with Gasteiger partial charge in [-0.25, -0.2) is 0 Å². The second-order valence-electron chi connectivity index (χ2n) is 4.49. The fraction of sp³-hybridized carbons (Fsp3) is 0.333.